The molecule has 0 heterocycles. The van der Waals surface area contributed by atoms with Crippen LogP contribution in [0.25, 0.3) is 0 Å². The Morgan fingerprint density at radius 2 is 2.10 bits per heavy atom. The van der Waals surface area contributed by atoms with Gasteiger partial charge in [-0.05, 0) is 31.0 Å². The molecule has 3 nitrogen and oxygen atoms in total. The summed E-state index contributed by atoms with van der Waals surface area (Å²) in [7, 11) is 0. The standard InChI is InChI=1S/C14H14F3NO2/c1-2-7-18(9-3-4-9)10-5-6-11(13(19)20)12(8-10)14(15,16)17/h2,5-6,8-9H,1,3-4,7H2,(H,19,20). The zero-order chi connectivity index (χ0) is 14.9. The number of carboxylic acid groups (broad SMARTS) is 1. The lowest BCUT2D eigenvalue weighted by Gasteiger charge is -2.24. The number of anilines is 1. The van der Waals surface area contributed by atoms with Crippen LogP contribution in [0.2, 0.25) is 0 Å². The molecular formula is C14H14F3NO2. The molecular weight excluding hydrogens is 271 g/mol. The Morgan fingerprint density at radius 3 is 2.55 bits per heavy atom. The molecule has 0 amide bonds. The minimum absolute atomic E-state index is 0.213. The second-order valence-corrected chi connectivity index (χ2v) is 4.71. The van der Waals surface area contributed by atoms with Gasteiger partial charge in [0.15, 0.2) is 0 Å². The highest BCUT2D eigenvalue weighted by Gasteiger charge is 2.37. The fourth-order valence-corrected chi connectivity index (χ4v) is 2.12. The van der Waals surface area contributed by atoms with E-state index in [0.717, 1.165) is 25.0 Å². The van der Waals surface area contributed by atoms with Crippen LogP contribution in [0.3, 0.4) is 0 Å². The van der Waals surface area contributed by atoms with Crippen LogP contribution in [0, 0.1) is 0 Å². The summed E-state index contributed by atoms with van der Waals surface area (Å²) in [5.74, 6) is -1.58. The van der Waals surface area contributed by atoms with Gasteiger partial charge in [0.05, 0.1) is 11.1 Å². The Morgan fingerprint density at radius 1 is 1.45 bits per heavy atom. The van der Waals surface area contributed by atoms with Crippen LogP contribution in [0.15, 0.2) is 30.9 Å². The zero-order valence-corrected chi connectivity index (χ0v) is 10.7. The third kappa shape index (κ3) is 2.95. The van der Waals surface area contributed by atoms with Gasteiger partial charge in [-0.15, -0.1) is 6.58 Å². The molecule has 6 heteroatoms. The summed E-state index contributed by atoms with van der Waals surface area (Å²) in [6, 6.07) is 3.55. The molecule has 1 N–H and O–H groups in total. The van der Waals surface area contributed by atoms with Gasteiger partial charge in [-0.2, -0.15) is 13.2 Å². The van der Waals surface area contributed by atoms with Crippen molar-refractivity contribution in [2.24, 2.45) is 0 Å². The molecule has 0 unspecified atom stereocenters. The average molecular weight is 285 g/mol. The molecule has 1 aromatic carbocycles. The molecule has 1 saturated carbocycles. The third-order valence-electron chi connectivity index (χ3n) is 3.18. The summed E-state index contributed by atoms with van der Waals surface area (Å²) in [6.45, 7) is 4.03. The monoisotopic (exact) mass is 285 g/mol. The Hall–Kier alpha value is -1.98. The molecule has 0 spiro atoms. The summed E-state index contributed by atoms with van der Waals surface area (Å²) in [5.41, 5.74) is -1.46. The predicted molar refractivity (Wildman–Crippen MR) is 69.0 cm³/mol. The van der Waals surface area contributed by atoms with Crippen molar-refractivity contribution >= 4 is 11.7 Å². The number of hydrogen-bond donors (Lipinski definition) is 1. The van der Waals surface area contributed by atoms with Crippen LogP contribution >= 0.6 is 0 Å². The number of aromatic carboxylic acids is 1. The molecule has 1 fully saturated rings. The smallest absolute Gasteiger partial charge is 0.417 e. The molecule has 0 saturated heterocycles. The Bertz CT molecular complexity index is 536. The van der Waals surface area contributed by atoms with Gasteiger partial charge < -0.3 is 10.0 Å². The molecule has 1 aliphatic rings. The second kappa shape index (κ2) is 5.19. The van der Waals surface area contributed by atoms with E-state index >= 15 is 0 Å². The normalized spacial score (nSPS) is 14.9. The first kappa shape index (κ1) is 14.4. The van der Waals surface area contributed by atoms with E-state index in [1.54, 1.807) is 6.08 Å². The van der Waals surface area contributed by atoms with Gasteiger partial charge in [0.1, 0.15) is 0 Å². The topological polar surface area (TPSA) is 40.5 Å². The highest BCUT2D eigenvalue weighted by Crippen LogP contribution is 2.37. The largest absolute Gasteiger partial charge is 0.478 e. The Balaban J connectivity index is 2.45. The van der Waals surface area contributed by atoms with Crippen LogP contribution in [-0.4, -0.2) is 23.7 Å². The molecule has 0 aliphatic heterocycles. The van der Waals surface area contributed by atoms with E-state index in [2.05, 4.69) is 6.58 Å². The van der Waals surface area contributed by atoms with E-state index in [1.165, 1.54) is 6.07 Å². The van der Waals surface area contributed by atoms with Crippen LogP contribution < -0.4 is 4.90 Å². The Labute approximate surface area is 114 Å². The maximum Gasteiger partial charge on any atom is 0.417 e. The maximum atomic E-state index is 13.0. The fourth-order valence-electron chi connectivity index (χ4n) is 2.12. The number of carboxylic acids is 1. The number of halogens is 3. The van der Waals surface area contributed by atoms with Gasteiger partial charge >= 0.3 is 12.1 Å². The van der Waals surface area contributed by atoms with Gasteiger partial charge in [0.2, 0.25) is 0 Å². The number of hydrogen-bond acceptors (Lipinski definition) is 2. The van der Waals surface area contributed by atoms with E-state index in [4.69, 9.17) is 5.11 Å². The fraction of sp³-hybridized carbons (Fsp3) is 0.357. The number of carbonyl (C=O) groups is 1. The minimum atomic E-state index is -4.69. The molecule has 1 aromatic rings. The average Bonchev–Trinajstić information content (AvgIpc) is 3.18. The molecule has 2 rings (SSSR count). The molecule has 0 atom stereocenters. The number of benzene rings is 1. The van der Waals surface area contributed by atoms with Gasteiger partial charge in [-0.25, -0.2) is 4.79 Å². The van der Waals surface area contributed by atoms with Crippen molar-refractivity contribution in [3.63, 3.8) is 0 Å². The van der Waals surface area contributed by atoms with E-state index in [-0.39, 0.29) is 6.04 Å². The first-order chi connectivity index (χ1) is 9.34. The number of rotatable bonds is 5. The van der Waals surface area contributed by atoms with Crippen molar-refractivity contribution in [1.29, 1.82) is 0 Å². The SMILES string of the molecule is C=CCN(c1ccc(C(=O)O)c(C(F)(F)F)c1)C1CC1. The minimum Gasteiger partial charge on any atom is -0.478 e. The molecule has 1 aliphatic carbocycles. The predicted octanol–water partition coefficient (Wildman–Crippen LogP) is 3.56. The van der Waals surface area contributed by atoms with Crippen molar-refractivity contribution in [3.8, 4) is 0 Å². The lowest BCUT2D eigenvalue weighted by molar-refractivity contribution is -0.138. The zero-order valence-electron chi connectivity index (χ0n) is 10.7. The summed E-state index contributed by atoms with van der Waals surface area (Å²) < 4.78 is 38.9. The van der Waals surface area contributed by atoms with Crippen molar-refractivity contribution in [2.75, 3.05) is 11.4 Å². The van der Waals surface area contributed by atoms with Crippen LogP contribution in [0.4, 0.5) is 18.9 Å². The quantitative estimate of drug-likeness (QED) is 0.841. The van der Waals surface area contributed by atoms with E-state index < -0.39 is 23.3 Å². The van der Waals surface area contributed by atoms with Crippen molar-refractivity contribution in [3.05, 3.63) is 42.0 Å². The molecule has 0 bridgehead atoms. The van der Waals surface area contributed by atoms with Crippen molar-refractivity contribution in [1.82, 2.24) is 0 Å². The van der Waals surface area contributed by atoms with E-state index in [1.807, 2.05) is 4.90 Å². The Kier molecular flexibility index (Phi) is 3.74. The van der Waals surface area contributed by atoms with Gasteiger partial charge in [-0.3, -0.25) is 0 Å². The number of alkyl halides is 3. The van der Waals surface area contributed by atoms with Crippen LogP contribution in [-0.2, 0) is 6.18 Å². The molecule has 0 radical (unpaired) electrons. The highest BCUT2D eigenvalue weighted by atomic mass is 19.4. The lowest BCUT2D eigenvalue weighted by Crippen LogP contribution is -2.26. The number of nitrogens with zero attached hydrogens (tertiary/aromatic N) is 1. The summed E-state index contributed by atoms with van der Waals surface area (Å²) in [5, 5.41) is 8.85. The van der Waals surface area contributed by atoms with Crippen molar-refractivity contribution in [2.45, 2.75) is 25.1 Å². The molecule has 0 aromatic heterocycles. The van der Waals surface area contributed by atoms with Crippen LogP contribution in [0.1, 0.15) is 28.8 Å². The first-order valence-electron chi connectivity index (χ1n) is 6.16. The molecule has 20 heavy (non-hydrogen) atoms. The molecule has 108 valence electrons. The van der Waals surface area contributed by atoms with Gasteiger partial charge in [0.25, 0.3) is 0 Å². The lowest BCUT2D eigenvalue weighted by atomic mass is 10.1. The maximum absolute atomic E-state index is 13.0. The summed E-state index contributed by atoms with van der Waals surface area (Å²) >= 11 is 0. The second-order valence-electron chi connectivity index (χ2n) is 4.71. The first-order valence-corrected chi connectivity index (χ1v) is 6.16. The van der Waals surface area contributed by atoms with Gasteiger partial charge in [-0.1, -0.05) is 6.08 Å². The highest BCUT2D eigenvalue weighted by molar-refractivity contribution is 5.90. The third-order valence-corrected chi connectivity index (χ3v) is 3.18. The summed E-state index contributed by atoms with van der Waals surface area (Å²) in [4.78, 5) is 12.7. The summed E-state index contributed by atoms with van der Waals surface area (Å²) in [6.07, 6.45) is -1.21. The van der Waals surface area contributed by atoms with Gasteiger partial charge in [0, 0.05) is 18.3 Å². The van der Waals surface area contributed by atoms with Crippen molar-refractivity contribution < 1.29 is 23.1 Å². The van der Waals surface area contributed by atoms with E-state index in [0.29, 0.717) is 12.2 Å². The van der Waals surface area contributed by atoms with E-state index in [9.17, 15) is 18.0 Å². The van der Waals surface area contributed by atoms with Crippen LogP contribution in [0.5, 0.6) is 0 Å².